The van der Waals surface area contributed by atoms with Crippen LogP contribution in [-0.2, 0) is 4.79 Å². The van der Waals surface area contributed by atoms with E-state index in [4.69, 9.17) is 11.6 Å². The number of likely N-dealkylation sites (tertiary alicyclic amines) is 1. The van der Waals surface area contributed by atoms with Crippen LogP contribution in [0, 0.1) is 5.92 Å². The van der Waals surface area contributed by atoms with Crippen LogP contribution in [0.2, 0.25) is 5.02 Å². The minimum atomic E-state index is -0.160. The molecule has 0 bridgehead atoms. The first kappa shape index (κ1) is 20.9. The molecule has 1 aliphatic rings. The van der Waals surface area contributed by atoms with E-state index in [9.17, 15) is 14.4 Å². The highest BCUT2D eigenvalue weighted by Gasteiger charge is 2.27. The third-order valence-electron chi connectivity index (χ3n) is 4.97. The average Bonchev–Trinajstić information content (AvgIpc) is 2.76. The van der Waals surface area contributed by atoms with Crippen molar-refractivity contribution in [2.75, 3.05) is 26.2 Å². The summed E-state index contributed by atoms with van der Waals surface area (Å²) in [5.74, 6) is -0.375. The predicted molar refractivity (Wildman–Crippen MR) is 112 cm³/mol. The number of carbonyl (C=O) groups excluding carboxylic acids is 3. The molecule has 0 radical (unpaired) electrons. The van der Waals surface area contributed by atoms with Crippen molar-refractivity contribution in [2.45, 2.75) is 12.8 Å². The van der Waals surface area contributed by atoms with Gasteiger partial charge in [-0.05, 0) is 43.2 Å². The zero-order chi connectivity index (χ0) is 20.6. The summed E-state index contributed by atoms with van der Waals surface area (Å²) < 4.78 is 0. The maximum absolute atomic E-state index is 12.5. The summed E-state index contributed by atoms with van der Waals surface area (Å²) >= 11 is 5.96. The highest BCUT2D eigenvalue weighted by molar-refractivity contribution is 6.30. The summed E-state index contributed by atoms with van der Waals surface area (Å²) in [6, 6.07) is 15.8. The molecule has 1 heterocycles. The van der Waals surface area contributed by atoms with E-state index in [0.717, 1.165) is 0 Å². The van der Waals surface area contributed by atoms with E-state index in [1.54, 1.807) is 53.4 Å². The molecule has 0 unspecified atom stereocenters. The minimum absolute atomic E-state index is 0.0335. The summed E-state index contributed by atoms with van der Waals surface area (Å²) in [7, 11) is 0. The molecule has 1 saturated heterocycles. The lowest BCUT2D eigenvalue weighted by Crippen LogP contribution is -2.44. The molecule has 1 aliphatic heterocycles. The fourth-order valence-corrected chi connectivity index (χ4v) is 3.54. The van der Waals surface area contributed by atoms with E-state index < -0.39 is 0 Å². The molecule has 2 N–H and O–H groups in total. The van der Waals surface area contributed by atoms with Gasteiger partial charge < -0.3 is 15.5 Å². The summed E-state index contributed by atoms with van der Waals surface area (Å²) in [5.41, 5.74) is 1.16. The van der Waals surface area contributed by atoms with E-state index in [2.05, 4.69) is 10.6 Å². The van der Waals surface area contributed by atoms with E-state index in [-0.39, 0.29) is 23.6 Å². The van der Waals surface area contributed by atoms with Gasteiger partial charge >= 0.3 is 0 Å². The van der Waals surface area contributed by atoms with Crippen LogP contribution in [0.1, 0.15) is 33.6 Å². The average molecular weight is 414 g/mol. The fraction of sp³-hybridized carbons (Fsp3) is 0.318. The van der Waals surface area contributed by atoms with Crippen LogP contribution in [0.3, 0.4) is 0 Å². The summed E-state index contributed by atoms with van der Waals surface area (Å²) in [4.78, 5) is 38.6. The zero-order valence-corrected chi connectivity index (χ0v) is 16.8. The Morgan fingerprint density at radius 2 is 1.55 bits per heavy atom. The topological polar surface area (TPSA) is 78.5 Å². The molecule has 0 aromatic heterocycles. The van der Waals surface area contributed by atoms with Gasteiger partial charge in [0, 0.05) is 48.2 Å². The molecule has 3 amide bonds. The van der Waals surface area contributed by atoms with E-state index in [1.165, 1.54) is 0 Å². The Kier molecular flexibility index (Phi) is 7.25. The summed E-state index contributed by atoms with van der Waals surface area (Å²) in [5, 5.41) is 6.18. The van der Waals surface area contributed by atoms with E-state index in [1.807, 2.05) is 6.07 Å². The van der Waals surface area contributed by atoms with Crippen LogP contribution in [0.5, 0.6) is 0 Å². The standard InChI is InChI=1S/C22H24ClN3O3/c23-19-8-4-7-18(15-19)22(29)26-13-9-17(10-14-26)21(28)25-12-11-24-20(27)16-5-2-1-3-6-16/h1-8,15,17H,9-14H2,(H,24,27)(H,25,28). The number of carbonyl (C=O) groups is 3. The van der Waals surface area contributed by atoms with Crippen LogP contribution in [0.25, 0.3) is 0 Å². The molecule has 2 aromatic rings. The van der Waals surface area contributed by atoms with Gasteiger partial charge in [-0.3, -0.25) is 14.4 Å². The number of piperidine rings is 1. The molecule has 0 aliphatic carbocycles. The number of nitrogens with one attached hydrogen (secondary N) is 2. The molecule has 3 rings (SSSR count). The number of nitrogens with zero attached hydrogens (tertiary/aromatic N) is 1. The van der Waals surface area contributed by atoms with Gasteiger partial charge in [-0.15, -0.1) is 0 Å². The molecular weight excluding hydrogens is 390 g/mol. The highest BCUT2D eigenvalue weighted by Crippen LogP contribution is 2.20. The van der Waals surface area contributed by atoms with Crippen LogP contribution < -0.4 is 10.6 Å². The van der Waals surface area contributed by atoms with Gasteiger partial charge in [0.25, 0.3) is 11.8 Å². The third kappa shape index (κ3) is 5.81. The Morgan fingerprint density at radius 1 is 0.897 bits per heavy atom. The monoisotopic (exact) mass is 413 g/mol. The maximum atomic E-state index is 12.5. The Bertz CT molecular complexity index is 865. The lowest BCUT2D eigenvalue weighted by Gasteiger charge is -2.31. The number of rotatable bonds is 6. The molecule has 2 aromatic carbocycles. The van der Waals surface area contributed by atoms with Crippen molar-refractivity contribution in [1.82, 2.24) is 15.5 Å². The molecule has 0 spiro atoms. The van der Waals surface area contributed by atoms with Gasteiger partial charge in [-0.25, -0.2) is 0 Å². The zero-order valence-electron chi connectivity index (χ0n) is 16.1. The van der Waals surface area contributed by atoms with Crippen LogP contribution >= 0.6 is 11.6 Å². The van der Waals surface area contributed by atoms with Gasteiger partial charge in [-0.1, -0.05) is 35.9 Å². The predicted octanol–water partition coefficient (Wildman–Crippen LogP) is 2.74. The number of hydrogen-bond donors (Lipinski definition) is 2. The lowest BCUT2D eigenvalue weighted by atomic mass is 9.95. The second kappa shape index (κ2) is 10.1. The van der Waals surface area contributed by atoms with Crippen molar-refractivity contribution in [2.24, 2.45) is 5.92 Å². The quantitative estimate of drug-likeness (QED) is 0.715. The smallest absolute Gasteiger partial charge is 0.253 e. The van der Waals surface area contributed by atoms with Crippen LogP contribution in [-0.4, -0.2) is 48.8 Å². The molecule has 0 saturated carbocycles. The Hall–Kier alpha value is -2.86. The molecule has 6 nitrogen and oxygen atoms in total. The van der Waals surface area contributed by atoms with E-state index in [0.29, 0.717) is 55.2 Å². The third-order valence-corrected chi connectivity index (χ3v) is 5.21. The van der Waals surface area contributed by atoms with Crippen molar-refractivity contribution in [3.63, 3.8) is 0 Å². The fourth-order valence-electron chi connectivity index (χ4n) is 3.35. The first-order chi connectivity index (χ1) is 14.0. The molecule has 29 heavy (non-hydrogen) atoms. The molecule has 1 fully saturated rings. The van der Waals surface area contributed by atoms with Gasteiger partial charge in [0.2, 0.25) is 5.91 Å². The second-order valence-corrected chi connectivity index (χ2v) is 7.43. The largest absolute Gasteiger partial charge is 0.354 e. The van der Waals surface area contributed by atoms with Gasteiger partial charge in [0.15, 0.2) is 0 Å². The number of benzene rings is 2. The Morgan fingerprint density at radius 3 is 2.24 bits per heavy atom. The maximum Gasteiger partial charge on any atom is 0.253 e. The normalized spacial score (nSPS) is 14.3. The SMILES string of the molecule is O=C(NCCNC(=O)C1CCN(C(=O)c2cccc(Cl)c2)CC1)c1ccccc1. The van der Waals surface area contributed by atoms with Crippen molar-refractivity contribution in [3.05, 3.63) is 70.7 Å². The first-order valence-electron chi connectivity index (χ1n) is 9.70. The van der Waals surface area contributed by atoms with Gasteiger partial charge in [0.05, 0.1) is 0 Å². The van der Waals surface area contributed by atoms with Gasteiger partial charge in [-0.2, -0.15) is 0 Å². The van der Waals surface area contributed by atoms with Crippen LogP contribution in [0.4, 0.5) is 0 Å². The summed E-state index contributed by atoms with van der Waals surface area (Å²) in [6.45, 7) is 1.81. The first-order valence-corrected chi connectivity index (χ1v) is 10.1. The van der Waals surface area contributed by atoms with Crippen molar-refractivity contribution >= 4 is 29.3 Å². The van der Waals surface area contributed by atoms with Crippen LogP contribution in [0.15, 0.2) is 54.6 Å². The van der Waals surface area contributed by atoms with Crippen molar-refractivity contribution < 1.29 is 14.4 Å². The Labute approximate surface area is 175 Å². The molecular formula is C22H24ClN3O3. The number of halogens is 1. The highest BCUT2D eigenvalue weighted by atomic mass is 35.5. The van der Waals surface area contributed by atoms with Gasteiger partial charge in [0.1, 0.15) is 0 Å². The second-order valence-electron chi connectivity index (χ2n) is 6.99. The van der Waals surface area contributed by atoms with E-state index >= 15 is 0 Å². The van der Waals surface area contributed by atoms with Crippen molar-refractivity contribution in [1.29, 1.82) is 0 Å². The Balaban J connectivity index is 1.37. The molecule has 7 heteroatoms. The number of amides is 3. The van der Waals surface area contributed by atoms with Crippen molar-refractivity contribution in [3.8, 4) is 0 Å². The minimum Gasteiger partial charge on any atom is -0.354 e. The molecule has 0 atom stereocenters. The number of hydrogen-bond acceptors (Lipinski definition) is 3. The summed E-state index contributed by atoms with van der Waals surface area (Å²) in [6.07, 6.45) is 1.24. The molecule has 152 valence electrons. The lowest BCUT2D eigenvalue weighted by molar-refractivity contribution is -0.126.